The molecule has 0 saturated heterocycles. The Bertz CT molecular complexity index is 609. The van der Waals surface area contributed by atoms with Gasteiger partial charge in [0.1, 0.15) is 0 Å². The highest BCUT2D eigenvalue weighted by molar-refractivity contribution is 5.90. The largest absolute Gasteiger partial charge is 0.465 e. The molecular weight excluding hydrogens is 226 g/mol. The summed E-state index contributed by atoms with van der Waals surface area (Å²) in [5.41, 5.74) is 2.88. The van der Waals surface area contributed by atoms with E-state index in [0.29, 0.717) is 11.3 Å². The molecule has 0 aliphatic carbocycles. The van der Waals surface area contributed by atoms with Gasteiger partial charge in [-0.1, -0.05) is 36.4 Å². The number of carbonyl (C=O) groups excluding carboxylic acids is 1. The lowest BCUT2D eigenvalue weighted by Gasteiger charge is -2.05. The van der Waals surface area contributed by atoms with Gasteiger partial charge in [0, 0.05) is 0 Å². The fourth-order valence-electron chi connectivity index (χ4n) is 1.72. The van der Waals surface area contributed by atoms with Gasteiger partial charge in [0.15, 0.2) is 5.69 Å². The molecule has 18 heavy (non-hydrogen) atoms. The predicted octanol–water partition coefficient (Wildman–Crippen LogP) is 3.69. The van der Waals surface area contributed by atoms with E-state index in [-0.39, 0.29) is 5.97 Å². The number of benzene rings is 2. The average Bonchev–Trinajstić information content (AvgIpc) is 2.46. The minimum atomic E-state index is -0.361. The Morgan fingerprint density at radius 3 is 2.39 bits per heavy atom. The Kier molecular flexibility index (Phi) is 3.40. The molecule has 3 heteroatoms. The van der Waals surface area contributed by atoms with E-state index in [4.69, 9.17) is 6.57 Å². The minimum absolute atomic E-state index is 0.361. The van der Waals surface area contributed by atoms with Crippen LogP contribution in [-0.4, -0.2) is 13.1 Å². The third-order valence-corrected chi connectivity index (χ3v) is 2.64. The van der Waals surface area contributed by atoms with Gasteiger partial charge in [-0.15, -0.1) is 0 Å². The molecule has 0 aromatic heterocycles. The Labute approximate surface area is 105 Å². The van der Waals surface area contributed by atoms with Crippen LogP contribution in [0.25, 0.3) is 16.0 Å². The number of ether oxygens (including phenoxy) is 1. The number of hydrogen-bond donors (Lipinski definition) is 0. The molecule has 0 fully saturated rings. The first-order valence-electron chi connectivity index (χ1n) is 5.41. The van der Waals surface area contributed by atoms with Crippen molar-refractivity contribution in [3.05, 3.63) is 65.5 Å². The summed E-state index contributed by atoms with van der Waals surface area (Å²) in [7, 11) is 1.35. The zero-order valence-electron chi connectivity index (χ0n) is 9.88. The van der Waals surface area contributed by atoms with Crippen molar-refractivity contribution in [3.8, 4) is 11.1 Å². The summed E-state index contributed by atoms with van der Waals surface area (Å²) >= 11 is 0. The number of methoxy groups -OCH3 is 1. The molecule has 0 unspecified atom stereocenters. The van der Waals surface area contributed by atoms with Gasteiger partial charge in [-0.3, -0.25) is 0 Å². The number of nitrogens with zero attached hydrogens (tertiary/aromatic N) is 1. The number of carbonyl (C=O) groups is 1. The molecule has 0 N–H and O–H groups in total. The molecule has 3 nitrogen and oxygen atoms in total. The summed E-state index contributed by atoms with van der Waals surface area (Å²) < 4.78 is 4.64. The molecule has 0 radical (unpaired) electrons. The monoisotopic (exact) mass is 237 g/mol. The van der Waals surface area contributed by atoms with Crippen LogP contribution in [0.4, 0.5) is 5.69 Å². The molecule has 88 valence electrons. The van der Waals surface area contributed by atoms with Crippen molar-refractivity contribution in [3.63, 3.8) is 0 Å². The van der Waals surface area contributed by atoms with Crippen LogP contribution in [0.3, 0.4) is 0 Å². The van der Waals surface area contributed by atoms with Crippen LogP contribution < -0.4 is 0 Å². The van der Waals surface area contributed by atoms with Crippen LogP contribution >= 0.6 is 0 Å². The molecule has 0 saturated carbocycles. The number of rotatable bonds is 2. The maximum Gasteiger partial charge on any atom is 0.337 e. The van der Waals surface area contributed by atoms with Crippen molar-refractivity contribution >= 4 is 11.7 Å². The van der Waals surface area contributed by atoms with Gasteiger partial charge >= 0.3 is 5.97 Å². The molecule has 0 atom stereocenters. The topological polar surface area (TPSA) is 30.7 Å². The second-order valence-corrected chi connectivity index (χ2v) is 3.70. The summed E-state index contributed by atoms with van der Waals surface area (Å²) in [5, 5.41) is 0. The van der Waals surface area contributed by atoms with Gasteiger partial charge in [0.05, 0.1) is 19.2 Å². The van der Waals surface area contributed by atoms with Gasteiger partial charge in [-0.2, -0.15) is 0 Å². The molecule has 0 bridgehead atoms. The van der Waals surface area contributed by atoms with Crippen molar-refractivity contribution in [1.29, 1.82) is 0 Å². The lowest BCUT2D eigenvalue weighted by molar-refractivity contribution is 0.0601. The summed E-state index contributed by atoms with van der Waals surface area (Å²) in [6, 6.07) is 14.4. The van der Waals surface area contributed by atoms with Gasteiger partial charge in [0.2, 0.25) is 0 Å². The van der Waals surface area contributed by atoms with Crippen LogP contribution in [0.15, 0.2) is 48.5 Å². The smallest absolute Gasteiger partial charge is 0.337 e. The van der Waals surface area contributed by atoms with E-state index in [1.165, 1.54) is 7.11 Å². The van der Waals surface area contributed by atoms with E-state index in [0.717, 1.165) is 11.1 Å². The van der Waals surface area contributed by atoms with Crippen LogP contribution in [0.2, 0.25) is 0 Å². The zero-order valence-corrected chi connectivity index (χ0v) is 9.88. The van der Waals surface area contributed by atoms with Gasteiger partial charge in [-0.25, -0.2) is 9.64 Å². The van der Waals surface area contributed by atoms with E-state index < -0.39 is 0 Å². The Balaban J connectivity index is 2.41. The summed E-state index contributed by atoms with van der Waals surface area (Å²) in [6.45, 7) is 7.13. The summed E-state index contributed by atoms with van der Waals surface area (Å²) in [4.78, 5) is 14.8. The third-order valence-electron chi connectivity index (χ3n) is 2.64. The maximum absolute atomic E-state index is 11.3. The van der Waals surface area contributed by atoms with Crippen molar-refractivity contribution < 1.29 is 9.53 Å². The normalized spacial score (nSPS) is 9.56. The second-order valence-electron chi connectivity index (χ2n) is 3.70. The number of esters is 1. The average molecular weight is 237 g/mol. The van der Waals surface area contributed by atoms with Crippen LogP contribution in [0.5, 0.6) is 0 Å². The zero-order chi connectivity index (χ0) is 13.0. The van der Waals surface area contributed by atoms with Gasteiger partial charge in [0.25, 0.3) is 0 Å². The van der Waals surface area contributed by atoms with E-state index in [1.54, 1.807) is 18.2 Å². The Morgan fingerprint density at radius 1 is 1.11 bits per heavy atom. The van der Waals surface area contributed by atoms with Crippen molar-refractivity contribution in [1.82, 2.24) is 0 Å². The van der Waals surface area contributed by atoms with Gasteiger partial charge < -0.3 is 4.74 Å². The molecule has 2 aromatic carbocycles. The summed E-state index contributed by atoms with van der Waals surface area (Å²) in [6.07, 6.45) is 0. The highest BCUT2D eigenvalue weighted by Crippen LogP contribution is 2.30. The third kappa shape index (κ3) is 2.23. The van der Waals surface area contributed by atoms with E-state index in [1.807, 2.05) is 30.3 Å². The predicted molar refractivity (Wildman–Crippen MR) is 69.5 cm³/mol. The molecule has 0 aliphatic rings. The van der Waals surface area contributed by atoms with Crippen LogP contribution in [0.1, 0.15) is 10.4 Å². The number of hydrogen-bond acceptors (Lipinski definition) is 2. The van der Waals surface area contributed by atoms with E-state index in [9.17, 15) is 4.79 Å². The quantitative estimate of drug-likeness (QED) is 0.589. The van der Waals surface area contributed by atoms with E-state index >= 15 is 0 Å². The molecule has 2 aromatic rings. The SMILES string of the molecule is [C-]#[N+]c1ccccc1-c1ccc(C(=O)OC)cc1. The fourth-order valence-corrected chi connectivity index (χ4v) is 1.72. The minimum Gasteiger partial charge on any atom is -0.465 e. The van der Waals surface area contributed by atoms with Crippen LogP contribution in [0, 0.1) is 6.57 Å². The molecule has 0 heterocycles. The molecule has 0 spiro atoms. The lowest BCUT2D eigenvalue weighted by atomic mass is 10.0. The van der Waals surface area contributed by atoms with Crippen molar-refractivity contribution in [2.75, 3.05) is 7.11 Å². The molecular formula is C15H11NO2. The van der Waals surface area contributed by atoms with Crippen molar-refractivity contribution in [2.45, 2.75) is 0 Å². The van der Waals surface area contributed by atoms with Crippen molar-refractivity contribution in [2.24, 2.45) is 0 Å². The first-order valence-corrected chi connectivity index (χ1v) is 5.41. The molecule has 0 aliphatic heterocycles. The first-order chi connectivity index (χ1) is 8.76. The maximum atomic E-state index is 11.3. The fraction of sp³-hybridized carbons (Fsp3) is 0.0667. The van der Waals surface area contributed by atoms with Crippen LogP contribution in [-0.2, 0) is 4.74 Å². The lowest BCUT2D eigenvalue weighted by Crippen LogP contribution is -2.00. The van der Waals surface area contributed by atoms with Gasteiger partial charge in [-0.05, 0) is 23.3 Å². The highest BCUT2D eigenvalue weighted by Gasteiger charge is 2.07. The summed E-state index contributed by atoms with van der Waals surface area (Å²) in [5.74, 6) is -0.361. The Morgan fingerprint density at radius 2 is 1.78 bits per heavy atom. The highest BCUT2D eigenvalue weighted by atomic mass is 16.5. The second kappa shape index (κ2) is 5.15. The molecule has 2 rings (SSSR count). The van der Waals surface area contributed by atoms with E-state index in [2.05, 4.69) is 9.58 Å². The molecule has 0 amide bonds. The first kappa shape index (κ1) is 11.9. The standard InChI is InChI=1S/C15H11NO2/c1-16-14-6-4-3-5-13(14)11-7-9-12(10-8-11)15(17)18-2/h3-10H,2H3. The Hall–Kier alpha value is -2.60. The number of para-hydroxylation sites is 1.